The molecule has 4 heteroatoms. The summed E-state index contributed by atoms with van der Waals surface area (Å²) in [5.74, 6) is 0.594. The van der Waals surface area contributed by atoms with Crippen molar-refractivity contribution >= 4 is 23.1 Å². The number of hydrogen-bond donors (Lipinski definition) is 1. The van der Waals surface area contributed by atoms with Crippen molar-refractivity contribution in [1.82, 2.24) is 4.98 Å². The Balaban J connectivity index is 2.02. The van der Waals surface area contributed by atoms with Crippen LogP contribution in [0.3, 0.4) is 0 Å². The molecule has 1 heterocycles. The summed E-state index contributed by atoms with van der Waals surface area (Å²) in [4.78, 5) is 4.57. The second-order valence-electron chi connectivity index (χ2n) is 4.56. The predicted molar refractivity (Wildman–Crippen MR) is 75.7 cm³/mol. The fourth-order valence-corrected chi connectivity index (χ4v) is 2.53. The largest absolute Gasteiger partial charge is 0.338 e. The highest BCUT2D eigenvalue weighted by Crippen LogP contribution is 2.29. The van der Waals surface area contributed by atoms with E-state index >= 15 is 0 Å². The number of pyridine rings is 1. The molecule has 1 N–H and O–H groups in total. The number of nitrogens with zero attached hydrogens (tertiary/aromatic N) is 2. The van der Waals surface area contributed by atoms with Crippen molar-refractivity contribution in [3.05, 3.63) is 52.2 Å². The summed E-state index contributed by atoms with van der Waals surface area (Å²) in [6, 6.07) is 11.6. The zero-order chi connectivity index (χ0) is 13.2. The van der Waals surface area contributed by atoms with E-state index in [1.807, 2.05) is 30.3 Å². The Morgan fingerprint density at radius 1 is 1.26 bits per heavy atom. The van der Waals surface area contributed by atoms with Gasteiger partial charge in [0.2, 0.25) is 0 Å². The lowest BCUT2D eigenvalue weighted by Gasteiger charge is -2.10. The molecule has 0 saturated carbocycles. The van der Waals surface area contributed by atoms with Crippen LogP contribution in [0, 0.1) is 11.3 Å². The molecule has 19 heavy (non-hydrogen) atoms. The van der Waals surface area contributed by atoms with Gasteiger partial charge in [-0.2, -0.15) is 5.26 Å². The molecule has 3 rings (SSSR count). The van der Waals surface area contributed by atoms with E-state index in [0.717, 1.165) is 30.6 Å². The molecule has 94 valence electrons. The van der Waals surface area contributed by atoms with Gasteiger partial charge in [0.1, 0.15) is 11.9 Å². The van der Waals surface area contributed by atoms with Crippen LogP contribution in [0.2, 0.25) is 5.02 Å². The van der Waals surface area contributed by atoms with Crippen LogP contribution in [0.4, 0.5) is 11.5 Å². The molecule has 3 nitrogen and oxygen atoms in total. The van der Waals surface area contributed by atoms with Gasteiger partial charge in [-0.15, -0.1) is 0 Å². The SMILES string of the molecule is N#Cc1cc2c(nc1Nc1ccccc1Cl)CCC2. The van der Waals surface area contributed by atoms with Crippen molar-refractivity contribution in [2.45, 2.75) is 19.3 Å². The lowest BCUT2D eigenvalue weighted by atomic mass is 10.1. The van der Waals surface area contributed by atoms with Crippen molar-refractivity contribution in [1.29, 1.82) is 5.26 Å². The first-order valence-corrected chi connectivity index (χ1v) is 6.60. The van der Waals surface area contributed by atoms with Crippen molar-refractivity contribution in [2.24, 2.45) is 0 Å². The molecule has 0 aliphatic heterocycles. The van der Waals surface area contributed by atoms with Gasteiger partial charge in [0.05, 0.1) is 16.3 Å². The van der Waals surface area contributed by atoms with Crippen LogP contribution < -0.4 is 5.32 Å². The molecule has 0 spiro atoms. The van der Waals surface area contributed by atoms with Crippen LogP contribution in [0.1, 0.15) is 23.2 Å². The first-order chi connectivity index (χ1) is 9.28. The van der Waals surface area contributed by atoms with Gasteiger partial charge in [-0.05, 0) is 43.0 Å². The van der Waals surface area contributed by atoms with E-state index in [9.17, 15) is 5.26 Å². The number of fused-ring (bicyclic) bond motifs is 1. The van der Waals surface area contributed by atoms with Gasteiger partial charge in [-0.3, -0.25) is 0 Å². The molecule has 0 bridgehead atoms. The first kappa shape index (κ1) is 12.0. The second kappa shape index (κ2) is 4.91. The van der Waals surface area contributed by atoms with Gasteiger partial charge in [-0.1, -0.05) is 23.7 Å². The molecule has 2 aromatic rings. The van der Waals surface area contributed by atoms with E-state index < -0.39 is 0 Å². The maximum Gasteiger partial charge on any atom is 0.148 e. The maximum atomic E-state index is 9.23. The molecule has 1 aliphatic rings. The minimum atomic E-state index is 0.570. The van der Waals surface area contributed by atoms with Gasteiger partial charge >= 0.3 is 0 Å². The summed E-state index contributed by atoms with van der Waals surface area (Å²) in [5.41, 5.74) is 3.63. The van der Waals surface area contributed by atoms with Crippen molar-refractivity contribution in [3.8, 4) is 6.07 Å². The third-order valence-corrected chi connectivity index (χ3v) is 3.63. The standard InChI is InChI=1S/C15H12ClN3/c16-12-5-1-2-6-14(12)19-15-11(9-17)8-10-4-3-7-13(10)18-15/h1-2,5-6,8H,3-4,7H2,(H,18,19). The fourth-order valence-electron chi connectivity index (χ4n) is 2.34. The summed E-state index contributed by atoms with van der Waals surface area (Å²) in [6.07, 6.45) is 3.12. The molecular weight excluding hydrogens is 258 g/mol. The van der Waals surface area contributed by atoms with Gasteiger partial charge in [0, 0.05) is 5.69 Å². The number of aryl methyl sites for hydroxylation is 2. The number of hydrogen-bond acceptors (Lipinski definition) is 3. The molecular formula is C15H12ClN3. The Hall–Kier alpha value is -2.05. The van der Waals surface area contributed by atoms with Gasteiger partial charge in [-0.25, -0.2) is 4.98 Å². The normalized spacial score (nSPS) is 12.8. The minimum absolute atomic E-state index is 0.570. The molecule has 0 fully saturated rings. The van der Waals surface area contributed by atoms with Crippen LogP contribution in [-0.2, 0) is 12.8 Å². The highest BCUT2D eigenvalue weighted by Gasteiger charge is 2.16. The Kier molecular flexibility index (Phi) is 3.10. The van der Waals surface area contributed by atoms with Crippen molar-refractivity contribution < 1.29 is 0 Å². The molecule has 0 amide bonds. The van der Waals surface area contributed by atoms with Crippen LogP contribution in [0.15, 0.2) is 30.3 Å². The number of anilines is 2. The van der Waals surface area contributed by atoms with E-state index in [1.54, 1.807) is 0 Å². The number of rotatable bonds is 2. The summed E-state index contributed by atoms with van der Waals surface area (Å²) < 4.78 is 0. The van der Waals surface area contributed by atoms with Gasteiger partial charge < -0.3 is 5.32 Å². The molecule has 0 radical (unpaired) electrons. The fraction of sp³-hybridized carbons (Fsp3) is 0.200. The maximum absolute atomic E-state index is 9.23. The summed E-state index contributed by atoms with van der Waals surface area (Å²) in [5, 5.41) is 13.0. The third kappa shape index (κ3) is 2.27. The van der Waals surface area contributed by atoms with Crippen molar-refractivity contribution in [3.63, 3.8) is 0 Å². The van der Waals surface area contributed by atoms with Crippen LogP contribution in [0.5, 0.6) is 0 Å². The van der Waals surface area contributed by atoms with E-state index in [-0.39, 0.29) is 0 Å². The minimum Gasteiger partial charge on any atom is -0.338 e. The zero-order valence-corrected chi connectivity index (χ0v) is 11.0. The lowest BCUT2D eigenvalue weighted by molar-refractivity contribution is 0.900. The Morgan fingerprint density at radius 2 is 2.11 bits per heavy atom. The van der Waals surface area contributed by atoms with Crippen LogP contribution in [0.25, 0.3) is 0 Å². The number of aromatic nitrogens is 1. The Bertz CT molecular complexity index is 674. The Labute approximate surface area is 116 Å². The quantitative estimate of drug-likeness (QED) is 0.901. The Morgan fingerprint density at radius 3 is 2.89 bits per heavy atom. The summed E-state index contributed by atoms with van der Waals surface area (Å²) >= 11 is 6.11. The van der Waals surface area contributed by atoms with E-state index in [1.165, 1.54) is 5.56 Å². The van der Waals surface area contributed by atoms with E-state index in [0.29, 0.717) is 16.4 Å². The second-order valence-corrected chi connectivity index (χ2v) is 4.97. The third-order valence-electron chi connectivity index (χ3n) is 3.30. The number of para-hydroxylation sites is 1. The number of nitrogens with one attached hydrogen (secondary N) is 1. The van der Waals surface area contributed by atoms with Gasteiger partial charge in [0.25, 0.3) is 0 Å². The van der Waals surface area contributed by atoms with Crippen LogP contribution in [-0.4, -0.2) is 4.98 Å². The summed E-state index contributed by atoms with van der Waals surface area (Å²) in [7, 11) is 0. The number of benzene rings is 1. The predicted octanol–water partition coefficient (Wildman–Crippen LogP) is 3.84. The highest BCUT2D eigenvalue weighted by atomic mass is 35.5. The average Bonchev–Trinajstić information content (AvgIpc) is 2.87. The molecule has 0 atom stereocenters. The monoisotopic (exact) mass is 269 g/mol. The molecule has 0 unspecified atom stereocenters. The molecule has 1 aromatic heterocycles. The van der Waals surface area contributed by atoms with Gasteiger partial charge in [0.15, 0.2) is 0 Å². The lowest BCUT2D eigenvalue weighted by Crippen LogP contribution is -2.01. The highest BCUT2D eigenvalue weighted by molar-refractivity contribution is 6.33. The van der Waals surface area contributed by atoms with E-state index in [2.05, 4.69) is 16.4 Å². The van der Waals surface area contributed by atoms with E-state index in [4.69, 9.17) is 11.6 Å². The zero-order valence-electron chi connectivity index (χ0n) is 10.3. The molecule has 1 aliphatic carbocycles. The molecule has 0 saturated heterocycles. The first-order valence-electron chi connectivity index (χ1n) is 6.22. The summed E-state index contributed by atoms with van der Waals surface area (Å²) in [6.45, 7) is 0. The number of nitriles is 1. The number of halogens is 1. The topological polar surface area (TPSA) is 48.7 Å². The molecule has 1 aromatic carbocycles. The smallest absolute Gasteiger partial charge is 0.148 e. The average molecular weight is 270 g/mol. The van der Waals surface area contributed by atoms with Crippen LogP contribution >= 0.6 is 11.6 Å². The van der Waals surface area contributed by atoms with Crippen molar-refractivity contribution in [2.75, 3.05) is 5.32 Å².